The van der Waals surface area contributed by atoms with E-state index in [-0.39, 0.29) is 12.6 Å². The van der Waals surface area contributed by atoms with Crippen LogP contribution in [0.4, 0.5) is 13.2 Å². The van der Waals surface area contributed by atoms with Crippen LogP contribution in [-0.4, -0.2) is 19.2 Å². The molecule has 2 saturated carbocycles. The summed E-state index contributed by atoms with van der Waals surface area (Å²) in [5, 5.41) is 0.336. The molecule has 2 aliphatic carbocycles. The van der Waals surface area contributed by atoms with Gasteiger partial charge in [-0.25, -0.2) is 0 Å². The van der Waals surface area contributed by atoms with Crippen LogP contribution in [0.1, 0.15) is 56.1 Å². The number of rotatable bonds is 9. The van der Waals surface area contributed by atoms with Crippen molar-refractivity contribution >= 4 is 17.6 Å². The molecule has 2 fully saturated rings. The molecule has 0 aromatic heterocycles. The molecule has 0 aliphatic heterocycles. The van der Waals surface area contributed by atoms with Crippen LogP contribution in [0.3, 0.4) is 0 Å². The Hall–Kier alpha value is -2.21. The van der Waals surface area contributed by atoms with Gasteiger partial charge in [0, 0.05) is 5.56 Å². The van der Waals surface area contributed by atoms with Gasteiger partial charge in [-0.05, 0) is 73.4 Å². The van der Waals surface area contributed by atoms with Gasteiger partial charge in [0.2, 0.25) is 0 Å². The minimum Gasteiger partial charge on any atom is -0.492 e. The lowest BCUT2D eigenvalue weighted by Gasteiger charge is -2.20. The second-order valence-corrected chi connectivity index (χ2v) is 9.07. The Labute approximate surface area is 190 Å². The van der Waals surface area contributed by atoms with Gasteiger partial charge < -0.3 is 9.47 Å². The lowest BCUT2D eigenvalue weighted by molar-refractivity contribution is -0.145. The largest absolute Gasteiger partial charge is 0.492 e. The minimum atomic E-state index is -4.41. The summed E-state index contributed by atoms with van der Waals surface area (Å²) in [7, 11) is 0. The van der Waals surface area contributed by atoms with E-state index in [1.54, 1.807) is 19.1 Å². The van der Waals surface area contributed by atoms with Crippen LogP contribution in [0.25, 0.3) is 11.1 Å². The van der Waals surface area contributed by atoms with Gasteiger partial charge in [-0.3, -0.25) is 4.79 Å². The van der Waals surface area contributed by atoms with E-state index in [4.69, 9.17) is 21.1 Å². The lowest BCUT2D eigenvalue weighted by atomic mass is 9.90. The molecule has 2 aromatic carbocycles. The Kier molecular flexibility index (Phi) is 6.70. The molecule has 0 spiro atoms. The van der Waals surface area contributed by atoms with E-state index in [1.165, 1.54) is 12.1 Å². The third-order valence-corrected chi connectivity index (χ3v) is 6.39. The number of benzene rings is 2. The summed E-state index contributed by atoms with van der Waals surface area (Å²) in [5.74, 6) is 0.669. The average Bonchev–Trinajstić information content (AvgIpc) is 3.67. The second kappa shape index (κ2) is 9.34. The zero-order valence-corrected chi connectivity index (χ0v) is 18.6. The Morgan fingerprint density at radius 3 is 2.31 bits per heavy atom. The van der Waals surface area contributed by atoms with Gasteiger partial charge in [0.25, 0.3) is 0 Å². The number of hydrogen-bond donors (Lipinski definition) is 0. The number of ether oxygens (including phenoxy) is 2. The fourth-order valence-electron chi connectivity index (χ4n) is 3.76. The highest BCUT2D eigenvalue weighted by atomic mass is 35.5. The molecular formula is C25H26ClF3O3. The highest BCUT2D eigenvalue weighted by Crippen LogP contribution is 2.44. The van der Waals surface area contributed by atoms with E-state index in [0.717, 1.165) is 43.4 Å². The number of carbonyl (C=O) groups excluding carboxylic acids is 1. The highest BCUT2D eigenvalue weighted by Gasteiger charge is 2.33. The SMILES string of the molecule is CCOC(=O)C(CC1CC1)c1cc(OCC2CC2)c(Cl)c(-c2ccc(C(F)(F)F)cc2)c1. The van der Waals surface area contributed by atoms with Crippen molar-refractivity contribution in [2.45, 2.75) is 51.1 Å². The van der Waals surface area contributed by atoms with Crippen LogP contribution < -0.4 is 4.74 Å². The van der Waals surface area contributed by atoms with Crippen molar-refractivity contribution in [2.75, 3.05) is 13.2 Å². The smallest absolute Gasteiger partial charge is 0.416 e. The molecule has 0 amide bonds. The third kappa shape index (κ3) is 5.58. The first kappa shape index (κ1) is 23.0. The first-order valence-electron chi connectivity index (χ1n) is 11.1. The molecule has 0 N–H and O–H groups in total. The average molecular weight is 467 g/mol. The van der Waals surface area contributed by atoms with Crippen molar-refractivity contribution in [3.05, 3.63) is 52.5 Å². The van der Waals surface area contributed by atoms with E-state index in [1.807, 2.05) is 0 Å². The maximum Gasteiger partial charge on any atom is 0.416 e. The van der Waals surface area contributed by atoms with E-state index in [0.29, 0.717) is 46.8 Å². The molecule has 4 rings (SSSR count). The van der Waals surface area contributed by atoms with Gasteiger partial charge in [0.1, 0.15) is 5.75 Å². The molecule has 3 nitrogen and oxygen atoms in total. The van der Waals surface area contributed by atoms with E-state index in [2.05, 4.69) is 0 Å². The quantitative estimate of drug-likeness (QED) is 0.365. The van der Waals surface area contributed by atoms with Gasteiger partial charge in [0.05, 0.1) is 29.7 Å². The van der Waals surface area contributed by atoms with Crippen LogP contribution in [-0.2, 0) is 15.7 Å². The second-order valence-electron chi connectivity index (χ2n) is 8.69. The van der Waals surface area contributed by atoms with Crippen molar-refractivity contribution < 1.29 is 27.4 Å². The zero-order chi connectivity index (χ0) is 22.9. The molecule has 7 heteroatoms. The predicted molar refractivity (Wildman–Crippen MR) is 117 cm³/mol. The Balaban J connectivity index is 1.73. The summed E-state index contributed by atoms with van der Waals surface area (Å²) in [6.07, 6.45) is 0.643. The third-order valence-electron chi connectivity index (χ3n) is 6.00. The molecule has 32 heavy (non-hydrogen) atoms. The van der Waals surface area contributed by atoms with Crippen molar-refractivity contribution in [1.82, 2.24) is 0 Å². The normalized spacial score (nSPS) is 17.2. The Bertz CT molecular complexity index is 964. The molecule has 172 valence electrons. The van der Waals surface area contributed by atoms with E-state index in [9.17, 15) is 18.0 Å². The molecule has 0 radical (unpaired) electrons. The number of esters is 1. The fourth-order valence-corrected chi connectivity index (χ4v) is 4.04. The van der Waals surface area contributed by atoms with Crippen molar-refractivity contribution in [1.29, 1.82) is 0 Å². The highest BCUT2D eigenvalue weighted by molar-refractivity contribution is 6.34. The monoisotopic (exact) mass is 466 g/mol. The van der Waals surface area contributed by atoms with Crippen molar-refractivity contribution in [2.24, 2.45) is 11.8 Å². The van der Waals surface area contributed by atoms with Crippen molar-refractivity contribution in [3.8, 4) is 16.9 Å². The van der Waals surface area contributed by atoms with Crippen LogP contribution >= 0.6 is 11.6 Å². The Morgan fingerprint density at radius 1 is 1.09 bits per heavy atom. The zero-order valence-electron chi connectivity index (χ0n) is 17.9. The molecule has 2 aromatic rings. The molecular weight excluding hydrogens is 441 g/mol. The summed E-state index contributed by atoms with van der Waals surface area (Å²) in [6.45, 7) is 2.58. The van der Waals surface area contributed by atoms with Crippen molar-refractivity contribution in [3.63, 3.8) is 0 Å². The fraction of sp³-hybridized carbons (Fsp3) is 0.480. The summed E-state index contributed by atoms with van der Waals surface area (Å²) >= 11 is 6.65. The number of carbonyl (C=O) groups is 1. The predicted octanol–water partition coefficient (Wildman–Crippen LogP) is 7.26. The van der Waals surface area contributed by atoms with Gasteiger partial charge in [-0.15, -0.1) is 0 Å². The number of alkyl halides is 3. The first-order valence-corrected chi connectivity index (χ1v) is 11.4. The summed E-state index contributed by atoms with van der Waals surface area (Å²) in [4.78, 5) is 12.8. The van der Waals surface area contributed by atoms with E-state index < -0.39 is 17.7 Å². The first-order chi connectivity index (χ1) is 15.3. The van der Waals surface area contributed by atoms with Gasteiger partial charge >= 0.3 is 12.1 Å². The standard InChI is InChI=1S/C25H26ClF3O3/c1-2-31-24(30)21(11-15-3-4-15)18-12-20(17-7-9-19(10-8-17)25(27,28)29)23(26)22(13-18)32-14-16-5-6-16/h7-10,12-13,15-16,21H,2-6,11,14H2,1H3. The topological polar surface area (TPSA) is 35.5 Å². The van der Waals surface area contributed by atoms with Crippen LogP contribution in [0.5, 0.6) is 5.75 Å². The van der Waals surface area contributed by atoms with Crippen LogP contribution in [0, 0.1) is 11.8 Å². The molecule has 0 bridgehead atoms. The molecule has 2 aliphatic rings. The number of hydrogen-bond acceptors (Lipinski definition) is 3. The van der Waals surface area contributed by atoms with Gasteiger partial charge in [0.15, 0.2) is 0 Å². The molecule has 0 heterocycles. The summed E-state index contributed by atoms with van der Waals surface area (Å²) in [5.41, 5.74) is 1.08. The maximum atomic E-state index is 13.0. The van der Waals surface area contributed by atoms with Gasteiger partial charge in [-0.2, -0.15) is 13.2 Å². The van der Waals surface area contributed by atoms with Crippen LogP contribution in [0.2, 0.25) is 5.02 Å². The Morgan fingerprint density at radius 2 is 1.75 bits per heavy atom. The molecule has 0 saturated heterocycles. The lowest BCUT2D eigenvalue weighted by Crippen LogP contribution is -2.17. The maximum absolute atomic E-state index is 13.0. The summed E-state index contributed by atoms with van der Waals surface area (Å²) in [6, 6.07) is 8.46. The molecule has 1 atom stereocenters. The molecule has 1 unspecified atom stereocenters. The van der Waals surface area contributed by atoms with Crippen LogP contribution in [0.15, 0.2) is 36.4 Å². The van der Waals surface area contributed by atoms with E-state index >= 15 is 0 Å². The minimum absolute atomic E-state index is 0.282. The summed E-state index contributed by atoms with van der Waals surface area (Å²) < 4.78 is 50.3. The number of halogens is 4. The van der Waals surface area contributed by atoms with Gasteiger partial charge in [-0.1, -0.05) is 36.6 Å².